The maximum atomic E-state index is 5.50. The third kappa shape index (κ3) is 2.83. The summed E-state index contributed by atoms with van der Waals surface area (Å²) in [6.45, 7) is 3.43. The first-order chi connectivity index (χ1) is 11.4. The normalized spacial score (nSPS) is 11.3. The molecule has 4 rings (SSSR count). The monoisotopic (exact) mass is 358 g/mol. The second-order valence-electron chi connectivity index (χ2n) is 5.00. The Bertz CT molecular complexity index is 925. The Hall–Kier alpha value is -1.60. The van der Waals surface area contributed by atoms with Crippen molar-refractivity contribution < 1.29 is 4.74 Å². The van der Waals surface area contributed by atoms with Gasteiger partial charge in [0.05, 0.1) is 18.3 Å². The minimum absolute atomic E-state index is 0.674. The van der Waals surface area contributed by atoms with E-state index >= 15 is 0 Å². The van der Waals surface area contributed by atoms with Crippen LogP contribution in [0.25, 0.3) is 31.9 Å². The lowest BCUT2D eigenvalue weighted by atomic mass is 10.1. The molecule has 0 fully saturated rings. The van der Waals surface area contributed by atoms with Crippen molar-refractivity contribution in [1.29, 1.82) is 0 Å². The molecule has 23 heavy (non-hydrogen) atoms. The van der Waals surface area contributed by atoms with E-state index < -0.39 is 0 Å². The second kappa shape index (κ2) is 6.49. The van der Waals surface area contributed by atoms with Gasteiger partial charge in [-0.3, -0.25) is 0 Å². The summed E-state index contributed by atoms with van der Waals surface area (Å²) in [6, 6.07) is 12.8. The molecule has 0 amide bonds. The minimum Gasteiger partial charge on any atom is -0.376 e. The lowest BCUT2D eigenvalue weighted by Crippen LogP contribution is -1.87. The van der Waals surface area contributed by atoms with Crippen molar-refractivity contribution in [2.75, 3.05) is 6.61 Å². The molecule has 116 valence electrons. The van der Waals surface area contributed by atoms with E-state index in [1.807, 2.05) is 6.92 Å². The number of fused-ring (bicyclic) bond motifs is 1. The molecule has 0 aliphatic rings. The number of nitrogens with zero attached hydrogens (tertiary/aromatic N) is 2. The molecular weight excluding hydrogens is 344 g/mol. The van der Waals surface area contributed by atoms with Gasteiger partial charge in [-0.2, -0.15) is 8.75 Å². The van der Waals surface area contributed by atoms with Crippen molar-refractivity contribution >= 4 is 45.4 Å². The molecular formula is C17H14N2OS3. The van der Waals surface area contributed by atoms with Crippen molar-refractivity contribution in [3.8, 4) is 20.9 Å². The third-order valence-corrected chi connectivity index (χ3v) is 6.10. The maximum absolute atomic E-state index is 5.50. The third-order valence-electron chi connectivity index (χ3n) is 3.58. The largest absolute Gasteiger partial charge is 0.376 e. The fourth-order valence-electron chi connectivity index (χ4n) is 2.50. The molecule has 3 aromatic heterocycles. The van der Waals surface area contributed by atoms with E-state index in [9.17, 15) is 0 Å². The Kier molecular flexibility index (Phi) is 4.22. The van der Waals surface area contributed by atoms with E-state index in [0.29, 0.717) is 6.61 Å². The highest BCUT2D eigenvalue weighted by molar-refractivity contribution is 7.15. The molecule has 0 radical (unpaired) electrons. The van der Waals surface area contributed by atoms with Gasteiger partial charge in [-0.05, 0) is 30.5 Å². The first-order valence-corrected chi connectivity index (χ1v) is 9.75. The SMILES string of the molecule is CCOCc1ccc(-c2ccc(-c3cccs3)c3nsnc23)s1. The molecule has 0 N–H and O–H groups in total. The average molecular weight is 359 g/mol. The van der Waals surface area contributed by atoms with Gasteiger partial charge in [0.2, 0.25) is 0 Å². The molecule has 3 heterocycles. The van der Waals surface area contributed by atoms with Crippen molar-refractivity contribution in [2.45, 2.75) is 13.5 Å². The molecule has 0 atom stereocenters. The Morgan fingerprint density at radius 2 is 1.74 bits per heavy atom. The first kappa shape index (κ1) is 15.0. The molecule has 0 spiro atoms. The van der Waals surface area contributed by atoms with Gasteiger partial charge in [0.25, 0.3) is 0 Å². The molecule has 0 saturated carbocycles. The topological polar surface area (TPSA) is 35.0 Å². The molecule has 0 unspecified atom stereocenters. The predicted octanol–water partition coefficient (Wildman–Crippen LogP) is 5.68. The van der Waals surface area contributed by atoms with Gasteiger partial charge in [0.15, 0.2) is 0 Å². The number of benzene rings is 1. The molecule has 1 aromatic carbocycles. The number of rotatable bonds is 5. The Labute approximate surface area is 146 Å². The second-order valence-corrected chi connectivity index (χ2v) is 7.65. The van der Waals surface area contributed by atoms with Crippen LogP contribution in [0.5, 0.6) is 0 Å². The molecule has 0 aliphatic carbocycles. The van der Waals surface area contributed by atoms with Crippen molar-refractivity contribution in [2.24, 2.45) is 0 Å². The summed E-state index contributed by atoms with van der Waals surface area (Å²) < 4.78 is 14.6. The van der Waals surface area contributed by atoms with E-state index in [-0.39, 0.29) is 0 Å². The Morgan fingerprint density at radius 1 is 0.957 bits per heavy atom. The van der Waals surface area contributed by atoms with Crippen LogP contribution in [-0.4, -0.2) is 15.4 Å². The van der Waals surface area contributed by atoms with Crippen LogP contribution in [0.2, 0.25) is 0 Å². The predicted molar refractivity (Wildman–Crippen MR) is 99.4 cm³/mol. The van der Waals surface area contributed by atoms with Gasteiger partial charge in [0.1, 0.15) is 11.0 Å². The highest BCUT2D eigenvalue weighted by atomic mass is 32.1. The summed E-state index contributed by atoms with van der Waals surface area (Å²) in [4.78, 5) is 3.69. The van der Waals surface area contributed by atoms with Crippen LogP contribution in [0, 0.1) is 0 Å². The fraction of sp³-hybridized carbons (Fsp3) is 0.176. The van der Waals surface area contributed by atoms with Gasteiger partial charge in [-0.25, -0.2) is 0 Å². The molecule has 0 bridgehead atoms. The van der Waals surface area contributed by atoms with Crippen LogP contribution in [-0.2, 0) is 11.3 Å². The fourth-order valence-corrected chi connectivity index (χ4v) is 4.80. The van der Waals surface area contributed by atoms with Crippen LogP contribution in [0.1, 0.15) is 11.8 Å². The maximum Gasteiger partial charge on any atom is 0.114 e. The molecule has 4 aromatic rings. The van der Waals surface area contributed by atoms with E-state index in [4.69, 9.17) is 4.74 Å². The molecule has 6 heteroatoms. The van der Waals surface area contributed by atoms with E-state index in [1.54, 1.807) is 22.7 Å². The van der Waals surface area contributed by atoms with Crippen LogP contribution in [0.3, 0.4) is 0 Å². The van der Waals surface area contributed by atoms with Crippen molar-refractivity contribution in [1.82, 2.24) is 8.75 Å². The smallest absolute Gasteiger partial charge is 0.114 e. The molecule has 0 saturated heterocycles. The molecule has 3 nitrogen and oxygen atoms in total. The number of hydrogen-bond donors (Lipinski definition) is 0. The zero-order valence-electron chi connectivity index (χ0n) is 12.5. The summed E-state index contributed by atoms with van der Waals surface area (Å²) in [5.41, 5.74) is 4.31. The molecule has 0 aliphatic heterocycles. The van der Waals surface area contributed by atoms with Gasteiger partial charge in [-0.15, -0.1) is 22.7 Å². The lowest BCUT2D eigenvalue weighted by molar-refractivity contribution is 0.136. The van der Waals surface area contributed by atoms with E-state index in [0.717, 1.165) is 23.2 Å². The Balaban J connectivity index is 1.78. The number of aromatic nitrogens is 2. The summed E-state index contributed by atoms with van der Waals surface area (Å²) >= 11 is 4.77. The first-order valence-electron chi connectivity index (χ1n) is 7.33. The highest BCUT2D eigenvalue weighted by Gasteiger charge is 2.15. The van der Waals surface area contributed by atoms with Crippen LogP contribution in [0.15, 0.2) is 41.8 Å². The zero-order chi connectivity index (χ0) is 15.6. The number of thiophene rings is 2. The lowest BCUT2D eigenvalue weighted by Gasteiger charge is -2.03. The van der Waals surface area contributed by atoms with Gasteiger partial charge < -0.3 is 4.74 Å². The number of ether oxygens (including phenoxy) is 1. The highest BCUT2D eigenvalue weighted by Crippen LogP contribution is 2.38. The van der Waals surface area contributed by atoms with Gasteiger partial charge >= 0.3 is 0 Å². The van der Waals surface area contributed by atoms with Crippen LogP contribution >= 0.6 is 34.4 Å². The van der Waals surface area contributed by atoms with Crippen molar-refractivity contribution in [3.63, 3.8) is 0 Å². The van der Waals surface area contributed by atoms with E-state index in [2.05, 4.69) is 50.5 Å². The average Bonchev–Trinajstić information content (AvgIpc) is 3.32. The zero-order valence-corrected chi connectivity index (χ0v) is 14.9. The standard InChI is InChI=1S/C17H14N2OS3/c1-2-20-10-11-5-8-15(22-11)13-7-6-12(14-4-3-9-21-14)16-17(13)19-23-18-16/h3-9H,2,10H2,1H3. The summed E-state index contributed by atoms with van der Waals surface area (Å²) in [7, 11) is 0. The van der Waals surface area contributed by atoms with Crippen molar-refractivity contribution in [3.05, 3.63) is 46.7 Å². The minimum atomic E-state index is 0.674. The van der Waals surface area contributed by atoms with E-state index in [1.165, 1.54) is 31.9 Å². The summed E-state index contributed by atoms with van der Waals surface area (Å²) in [5.74, 6) is 0. The van der Waals surface area contributed by atoms with Gasteiger partial charge in [-0.1, -0.05) is 18.2 Å². The Morgan fingerprint density at radius 3 is 2.43 bits per heavy atom. The summed E-state index contributed by atoms with van der Waals surface area (Å²) in [5, 5.41) is 2.09. The van der Waals surface area contributed by atoms with Crippen LogP contribution < -0.4 is 0 Å². The number of hydrogen-bond acceptors (Lipinski definition) is 6. The summed E-state index contributed by atoms with van der Waals surface area (Å²) in [6.07, 6.45) is 0. The quantitative estimate of drug-likeness (QED) is 0.460. The van der Waals surface area contributed by atoms with Gasteiger partial charge in [0, 0.05) is 32.4 Å². The van der Waals surface area contributed by atoms with Crippen LogP contribution in [0.4, 0.5) is 0 Å².